The average molecular weight is 335 g/mol. The Kier molecular flexibility index (Phi) is 5.56. The molecule has 0 radical (unpaired) electrons. The summed E-state index contributed by atoms with van der Waals surface area (Å²) >= 11 is 0. The quantitative estimate of drug-likeness (QED) is 0.615. The van der Waals surface area contributed by atoms with Gasteiger partial charge in [0.25, 0.3) is 5.91 Å². The molecule has 0 atom stereocenters. The van der Waals surface area contributed by atoms with Crippen LogP contribution in [0.1, 0.15) is 5.56 Å². The van der Waals surface area contributed by atoms with Gasteiger partial charge in [0, 0.05) is 5.56 Å². The predicted octanol–water partition coefficient (Wildman–Crippen LogP) is 1.25. The third-order valence-electron chi connectivity index (χ3n) is 2.77. The second-order valence-corrected chi connectivity index (χ2v) is 6.22. The van der Waals surface area contributed by atoms with Crippen molar-refractivity contribution in [2.24, 2.45) is 5.10 Å². The fourth-order valence-electron chi connectivity index (χ4n) is 1.64. The molecule has 0 bridgehead atoms. The van der Waals surface area contributed by atoms with E-state index in [-0.39, 0.29) is 10.5 Å². The highest BCUT2D eigenvalue weighted by Crippen LogP contribution is 2.06. The standard InChI is InChI=1S/C15H14FN3O3S/c16-14-9-5-4-6-12(14)10-17-19-15(20)11-18-23(21,22)13-7-2-1-3-8-13/h1-10,18H,11H2,(H,19,20). The van der Waals surface area contributed by atoms with E-state index in [9.17, 15) is 17.6 Å². The van der Waals surface area contributed by atoms with Crippen LogP contribution in [0.3, 0.4) is 0 Å². The molecular formula is C15H14FN3O3S. The summed E-state index contributed by atoms with van der Waals surface area (Å²) in [4.78, 5) is 11.6. The summed E-state index contributed by atoms with van der Waals surface area (Å²) < 4.78 is 39.3. The number of amides is 1. The molecule has 1 amide bonds. The molecule has 0 aliphatic rings. The van der Waals surface area contributed by atoms with Gasteiger partial charge in [0.1, 0.15) is 5.82 Å². The van der Waals surface area contributed by atoms with Crippen LogP contribution in [0.25, 0.3) is 0 Å². The van der Waals surface area contributed by atoms with E-state index in [2.05, 4.69) is 15.2 Å². The minimum Gasteiger partial charge on any atom is -0.272 e. The van der Waals surface area contributed by atoms with Gasteiger partial charge in [-0.3, -0.25) is 4.79 Å². The molecule has 2 aromatic carbocycles. The maximum atomic E-state index is 13.3. The number of halogens is 1. The number of hydrogen-bond donors (Lipinski definition) is 2. The third kappa shape index (κ3) is 4.97. The maximum absolute atomic E-state index is 13.3. The molecule has 2 N–H and O–H groups in total. The van der Waals surface area contributed by atoms with Gasteiger partial charge >= 0.3 is 0 Å². The van der Waals surface area contributed by atoms with Crippen LogP contribution >= 0.6 is 0 Å². The molecule has 2 rings (SSSR count). The Morgan fingerprint density at radius 1 is 1.09 bits per heavy atom. The second kappa shape index (κ2) is 7.61. The highest BCUT2D eigenvalue weighted by atomic mass is 32.2. The normalized spacial score (nSPS) is 11.5. The lowest BCUT2D eigenvalue weighted by molar-refractivity contribution is -0.119. The lowest BCUT2D eigenvalue weighted by Crippen LogP contribution is -2.34. The van der Waals surface area contributed by atoms with E-state index in [0.717, 1.165) is 6.21 Å². The number of nitrogens with zero attached hydrogens (tertiary/aromatic N) is 1. The minimum atomic E-state index is -3.76. The number of carbonyl (C=O) groups is 1. The lowest BCUT2D eigenvalue weighted by atomic mass is 10.2. The Balaban J connectivity index is 1.87. The highest BCUT2D eigenvalue weighted by molar-refractivity contribution is 7.89. The van der Waals surface area contributed by atoms with Crippen molar-refractivity contribution >= 4 is 22.1 Å². The van der Waals surface area contributed by atoms with E-state index in [4.69, 9.17) is 0 Å². The monoisotopic (exact) mass is 335 g/mol. The van der Waals surface area contributed by atoms with Gasteiger partial charge < -0.3 is 0 Å². The van der Waals surface area contributed by atoms with Crippen LogP contribution in [-0.4, -0.2) is 27.1 Å². The van der Waals surface area contributed by atoms with Gasteiger partial charge in [-0.05, 0) is 18.2 Å². The molecule has 0 saturated carbocycles. The summed E-state index contributed by atoms with van der Waals surface area (Å²) in [5.74, 6) is -1.15. The first-order chi connectivity index (χ1) is 11.0. The molecule has 0 spiro atoms. The number of rotatable bonds is 6. The first-order valence-electron chi connectivity index (χ1n) is 6.60. The van der Waals surface area contributed by atoms with Crippen LogP contribution in [-0.2, 0) is 14.8 Å². The van der Waals surface area contributed by atoms with Gasteiger partial charge in [0.15, 0.2) is 0 Å². The second-order valence-electron chi connectivity index (χ2n) is 4.45. The Bertz CT molecular complexity index is 808. The van der Waals surface area contributed by atoms with E-state index >= 15 is 0 Å². The molecule has 2 aromatic rings. The van der Waals surface area contributed by atoms with Crippen LogP contribution in [0.2, 0.25) is 0 Å². The van der Waals surface area contributed by atoms with E-state index in [0.29, 0.717) is 0 Å². The number of hydrogen-bond acceptors (Lipinski definition) is 4. The first-order valence-corrected chi connectivity index (χ1v) is 8.08. The Morgan fingerprint density at radius 2 is 1.74 bits per heavy atom. The van der Waals surface area contributed by atoms with Crippen LogP contribution in [0.5, 0.6) is 0 Å². The zero-order valence-electron chi connectivity index (χ0n) is 11.9. The first kappa shape index (κ1) is 16.8. The third-order valence-corrected chi connectivity index (χ3v) is 4.19. The van der Waals surface area contributed by atoms with Crippen LogP contribution in [0.4, 0.5) is 4.39 Å². The molecule has 0 heterocycles. The molecular weight excluding hydrogens is 321 g/mol. The van der Waals surface area contributed by atoms with Crippen molar-refractivity contribution in [3.63, 3.8) is 0 Å². The molecule has 0 aliphatic heterocycles. The van der Waals surface area contributed by atoms with E-state index in [1.165, 1.54) is 30.3 Å². The lowest BCUT2D eigenvalue weighted by Gasteiger charge is -2.05. The van der Waals surface area contributed by atoms with Gasteiger partial charge in [-0.1, -0.05) is 36.4 Å². The Labute approximate surface area is 133 Å². The predicted molar refractivity (Wildman–Crippen MR) is 83.8 cm³/mol. The summed E-state index contributed by atoms with van der Waals surface area (Å²) in [7, 11) is -3.76. The number of hydrazone groups is 1. The van der Waals surface area contributed by atoms with Crippen LogP contribution in [0, 0.1) is 5.82 Å². The summed E-state index contributed by atoms with van der Waals surface area (Å²) in [5.41, 5.74) is 2.33. The van der Waals surface area contributed by atoms with E-state index in [1.54, 1.807) is 24.3 Å². The van der Waals surface area contributed by atoms with Gasteiger partial charge in [-0.25, -0.2) is 23.0 Å². The molecule has 6 nitrogen and oxygen atoms in total. The largest absolute Gasteiger partial charge is 0.272 e. The molecule has 23 heavy (non-hydrogen) atoms. The average Bonchev–Trinajstić information content (AvgIpc) is 2.56. The molecule has 0 aliphatic carbocycles. The van der Waals surface area contributed by atoms with E-state index < -0.39 is 28.3 Å². The highest BCUT2D eigenvalue weighted by Gasteiger charge is 2.14. The fraction of sp³-hybridized carbons (Fsp3) is 0.0667. The molecule has 0 unspecified atom stereocenters. The molecule has 8 heteroatoms. The van der Waals surface area contributed by atoms with Gasteiger partial charge in [0.05, 0.1) is 17.7 Å². The maximum Gasteiger partial charge on any atom is 0.255 e. The Hall–Kier alpha value is -2.58. The fourth-order valence-corrected chi connectivity index (χ4v) is 2.64. The summed E-state index contributed by atoms with van der Waals surface area (Å²) in [5, 5.41) is 3.58. The van der Waals surface area contributed by atoms with Crippen LogP contribution < -0.4 is 10.1 Å². The summed E-state index contributed by atoms with van der Waals surface area (Å²) in [6.45, 7) is -0.480. The van der Waals surface area contributed by atoms with Crippen molar-refractivity contribution in [1.29, 1.82) is 0 Å². The number of benzene rings is 2. The molecule has 120 valence electrons. The van der Waals surface area contributed by atoms with E-state index in [1.807, 2.05) is 0 Å². The van der Waals surface area contributed by atoms with Crippen LogP contribution in [0.15, 0.2) is 64.6 Å². The van der Waals surface area contributed by atoms with Gasteiger partial charge in [-0.15, -0.1) is 0 Å². The minimum absolute atomic E-state index is 0.0580. The zero-order chi connectivity index (χ0) is 16.7. The molecule has 0 fully saturated rings. The number of carbonyl (C=O) groups excluding carboxylic acids is 1. The van der Waals surface area contributed by atoms with Gasteiger partial charge in [-0.2, -0.15) is 5.10 Å². The number of sulfonamides is 1. The topological polar surface area (TPSA) is 87.6 Å². The summed E-state index contributed by atoms with van der Waals surface area (Å²) in [6.07, 6.45) is 1.14. The Morgan fingerprint density at radius 3 is 2.43 bits per heavy atom. The molecule has 0 aromatic heterocycles. The van der Waals surface area contributed by atoms with Crippen molar-refractivity contribution in [1.82, 2.24) is 10.1 Å². The summed E-state index contributed by atoms with van der Waals surface area (Å²) in [6, 6.07) is 13.6. The zero-order valence-corrected chi connectivity index (χ0v) is 12.8. The van der Waals surface area contributed by atoms with Crippen molar-refractivity contribution in [2.45, 2.75) is 4.90 Å². The molecule has 0 saturated heterocycles. The van der Waals surface area contributed by atoms with Crippen molar-refractivity contribution in [2.75, 3.05) is 6.54 Å². The van der Waals surface area contributed by atoms with Gasteiger partial charge in [0.2, 0.25) is 10.0 Å². The number of nitrogens with one attached hydrogen (secondary N) is 2. The SMILES string of the molecule is O=C(CNS(=O)(=O)c1ccccc1)NN=Cc1ccccc1F. The smallest absolute Gasteiger partial charge is 0.255 e. The van der Waals surface area contributed by atoms with Crippen molar-refractivity contribution in [3.05, 3.63) is 66.0 Å². The van der Waals surface area contributed by atoms with Crippen molar-refractivity contribution in [3.8, 4) is 0 Å². The van der Waals surface area contributed by atoms with Crippen molar-refractivity contribution < 1.29 is 17.6 Å².